The van der Waals surface area contributed by atoms with Gasteiger partial charge < -0.3 is 4.90 Å². The van der Waals surface area contributed by atoms with E-state index in [1.807, 2.05) is 103 Å². The zero-order chi connectivity index (χ0) is 29.6. The molecule has 42 heavy (non-hydrogen) atoms. The highest BCUT2D eigenvalue weighted by Gasteiger charge is 2.61. The quantitative estimate of drug-likeness (QED) is 0.212. The molecule has 0 unspecified atom stereocenters. The van der Waals surface area contributed by atoms with Crippen molar-refractivity contribution in [3.05, 3.63) is 130 Å². The SMILES string of the molecule is CC(C)(C)c1ccc(N2C(=O)C[C@H]([C@]3(Cc4ccc(Br)cc4)C(=O)N(Cc4ccccc4)c4ccccc43)C2=O)cc1. The van der Waals surface area contributed by atoms with Gasteiger partial charge in [-0.2, -0.15) is 0 Å². The lowest BCUT2D eigenvalue weighted by atomic mass is 9.66. The van der Waals surface area contributed by atoms with E-state index in [2.05, 4.69) is 36.7 Å². The molecule has 0 N–H and O–H groups in total. The Kier molecular flexibility index (Phi) is 7.14. The first-order chi connectivity index (χ1) is 20.1. The summed E-state index contributed by atoms with van der Waals surface area (Å²) in [6.07, 6.45) is 0.275. The number of benzene rings is 4. The fraction of sp³-hybridized carbons (Fsp3) is 0.250. The lowest BCUT2D eigenvalue weighted by Gasteiger charge is -2.33. The summed E-state index contributed by atoms with van der Waals surface area (Å²) >= 11 is 3.51. The van der Waals surface area contributed by atoms with Gasteiger partial charge in [0.2, 0.25) is 17.7 Å². The molecule has 2 aliphatic heterocycles. The molecule has 4 aromatic rings. The van der Waals surface area contributed by atoms with Gasteiger partial charge in [0, 0.05) is 16.6 Å². The predicted octanol–water partition coefficient (Wildman–Crippen LogP) is 7.35. The molecule has 1 fully saturated rings. The number of rotatable bonds is 6. The molecule has 212 valence electrons. The smallest absolute Gasteiger partial charge is 0.239 e. The van der Waals surface area contributed by atoms with Crippen molar-refractivity contribution >= 4 is 45.0 Å². The number of imide groups is 1. The molecule has 3 amide bonds. The van der Waals surface area contributed by atoms with Crippen molar-refractivity contribution in [1.29, 1.82) is 0 Å². The summed E-state index contributed by atoms with van der Waals surface area (Å²) in [4.78, 5) is 45.9. The molecule has 4 aromatic carbocycles. The molecule has 0 aromatic heterocycles. The molecule has 2 heterocycles. The van der Waals surface area contributed by atoms with Crippen LogP contribution in [0.3, 0.4) is 0 Å². The molecule has 0 bridgehead atoms. The first-order valence-corrected chi connectivity index (χ1v) is 15.1. The van der Waals surface area contributed by atoms with Crippen molar-refractivity contribution in [1.82, 2.24) is 0 Å². The summed E-state index contributed by atoms with van der Waals surface area (Å²) in [6, 6.07) is 33.1. The molecular weight excluding hydrogens is 588 g/mol. The fourth-order valence-electron chi connectivity index (χ4n) is 6.43. The number of hydrogen-bond donors (Lipinski definition) is 0. The van der Waals surface area contributed by atoms with Gasteiger partial charge in [0.05, 0.1) is 23.6 Å². The highest BCUT2D eigenvalue weighted by atomic mass is 79.9. The summed E-state index contributed by atoms with van der Waals surface area (Å²) in [6.45, 7) is 6.76. The van der Waals surface area contributed by atoms with E-state index in [1.54, 1.807) is 4.90 Å². The van der Waals surface area contributed by atoms with Gasteiger partial charge in [-0.05, 0) is 64.4 Å². The lowest BCUT2D eigenvalue weighted by molar-refractivity contribution is -0.131. The van der Waals surface area contributed by atoms with Crippen LogP contribution in [-0.2, 0) is 38.2 Å². The van der Waals surface area contributed by atoms with E-state index in [-0.39, 0.29) is 29.6 Å². The third-order valence-corrected chi connectivity index (χ3v) is 9.14. The van der Waals surface area contributed by atoms with E-state index in [1.165, 1.54) is 4.90 Å². The summed E-state index contributed by atoms with van der Waals surface area (Å²) < 4.78 is 0.932. The first-order valence-electron chi connectivity index (χ1n) is 14.3. The number of halogens is 1. The van der Waals surface area contributed by atoms with E-state index < -0.39 is 11.3 Å². The number of carbonyl (C=O) groups excluding carboxylic acids is 3. The summed E-state index contributed by atoms with van der Waals surface area (Å²) in [5.41, 5.74) is 3.87. The largest absolute Gasteiger partial charge is 0.307 e. The average Bonchev–Trinajstić information content (AvgIpc) is 3.40. The highest BCUT2D eigenvalue weighted by Crippen LogP contribution is 2.52. The van der Waals surface area contributed by atoms with Crippen molar-refractivity contribution in [2.45, 2.75) is 51.0 Å². The standard InChI is InChI=1S/C36H33BrN2O3/c1-35(2,3)26-15-19-28(20-16-26)39-32(40)21-30(33(39)41)36(22-24-13-17-27(37)18-14-24)29-11-7-8-12-31(29)38(34(36)42)23-25-9-5-4-6-10-25/h4-20,30H,21-23H2,1-3H3/t30-,36+/m0/s1. The molecule has 0 aliphatic carbocycles. The predicted molar refractivity (Wildman–Crippen MR) is 169 cm³/mol. The zero-order valence-electron chi connectivity index (χ0n) is 24.0. The molecule has 2 atom stereocenters. The number of nitrogens with zero attached hydrogens (tertiary/aromatic N) is 2. The maximum absolute atomic E-state index is 14.8. The minimum atomic E-state index is -1.23. The number of fused-ring (bicyclic) bond motifs is 1. The van der Waals surface area contributed by atoms with Gasteiger partial charge in [-0.15, -0.1) is 0 Å². The fourth-order valence-corrected chi connectivity index (χ4v) is 6.69. The molecule has 6 rings (SSSR count). The van der Waals surface area contributed by atoms with Gasteiger partial charge in [0.25, 0.3) is 0 Å². The molecule has 0 saturated carbocycles. The topological polar surface area (TPSA) is 57.7 Å². The third kappa shape index (κ3) is 4.78. The van der Waals surface area contributed by atoms with Gasteiger partial charge in [-0.3, -0.25) is 19.3 Å². The van der Waals surface area contributed by atoms with E-state index in [4.69, 9.17) is 0 Å². The Morgan fingerprint density at radius 2 is 1.43 bits per heavy atom. The van der Waals surface area contributed by atoms with Crippen molar-refractivity contribution in [3.8, 4) is 0 Å². The lowest BCUT2D eigenvalue weighted by Crippen LogP contribution is -2.50. The van der Waals surface area contributed by atoms with Crippen LogP contribution in [0.5, 0.6) is 0 Å². The Morgan fingerprint density at radius 1 is 0.786 bits per heavy atom. The van der Waals surface area contributed by atoms with Crippen LogP contribution in [0.15, 0.2) is 108 Å². The van der Waals surface area contributed by atoms with Crippen LogP contribution in [0.25, 0.3) is 0 Å². The normalized spacial score (nSPS) is 20.4. The Bertz CT molecular complexity index is 1660. The third-order valence-electron chi connectivity index (χ3n) is 8.62. The summed E-state index contributed by atoms with van der Waals surface area (Å²) in [5.74, 6) is -1.60. The van der Waals surface area contributed by atoms with Crippen LogP contribution < -0.4 is 9.80 Å². The van der Waals surface area contributed by atoms with Crippen LogP contribution in [0, 0.1) is 5.92 Å². The van der Waals surface area contributed by atoms with Crippen molar-refractivity contribution in [3.63, 3.8) is 0 Å². The van der Waals surface area contributed by atoms with Crippen LogP contribution in [0.1, 0.15) is 49.4 Å². The monoisotopic (exact) mass is 620 g/mol. The second kappa shape index (κ2) is 10.7. The number of para-hydroxylation sites is 1. The molecule has 6 heteroatoms. The Morgan fingerprint density at radius 3 is 2.10 bits per heavy atom. The number of anilines is 2. The van der Waals surface area contributed by atoms with E-state index in [0.717, 1.165) is 32.4 Å². The zero-order valence-corrected chi connectivity index (χ0v) is 25.6. The molecule has 5 nitrogen and oxygen atoms in total. The number of amides is 3. The second-order valence-corrected chi connectivity index (χ2v) is 13.2. The first kappa shape index (κ1) is 28.1. The molecule has 2 aliphatic rings. The minimum Gasteiger partial charge on any atom is -0.307 e. The number of hydrogen-bond acceptors (Lipinski definition) is 3. The molecule has 1 saturated heterocycles. The van der Waals surface area contributed by atoms with Gasteiger partial charge >= 0.3 is 0 Å². The van der Waals surface area contributed by atoms with Crippen LogP contribution >= 0.6 is 15.9 Å². The minimum absolute atomic E-state index is 0.0321. The highest BCUT2D eigenvalue weighted by molar-refractivity contribution is 9.10. The van der Waals surface area contributed by atoms with Crippen molar-refractivity contribution in [2.24, 2.45) is 5.92 Å². The van der Waals surface area contributed by atoms with Gasteiger partial charge in [0.15, 0.2) is 0 Å². The van der Waals surface area contributed by atoms with Crippen LogP contribution in [-0.4, -0.2) is 17.7 Å². The maximum atomic E-state index is 14.8. The van der Waals surface area contributed by atoms with Crippen LogP contribution in [0.4, 0.5) is 11.4 Å². The van der Waals surface area contributed by atoms with E-state index in [0.29, 0.717) is 18.7 Å². The van der Waals surface area contributed by atoms with Gasteiger partial charge in [0.1, 0.15) is 0 Å². The van der Waals surface area contributed by atoms with Crippen molar-refractivity contribution < 1.29 is 14.4 Å². The van der Waals surface area contributed by atoms with Crippen molar-refractivity contribution in [2.75, 3.05) is 9.80 Å². The summed E-state index contributed by atoms with van der Waals surface area (Å²) in [5, 5.41) is 0. The van der Waals surface area contributed by atoms with Gasteiger partial charge in [-0.25, -0.2) is 0 Å². The summed E-state index contributed by atoms with van der Waals surface area (Å²) in [7, 11) is 0. The molecule has 0 spiro atoms. The average molecular weight is 622 g/mol. The second-order valence-electron chi connectivity index (χ2n) is 12.3. The van der Waals surface area contributed by atoms with E-state index in [9.17, 15) is 14.4 Å². The molecule has 0 radical (unpaired) electrons. The Balaban J connectivity index is 1.46. The Hall–Kier alpha value is -4.03. The maximum Gasteiger partial charge on any atom is 0.239 e. The Labute approximate surface area is 255 Å². The number of carbonyl (C=O) groups is 3. The molecular formula is C36H33BrN2O3. The van der Waals surface area contributed by atoms with Crippen LogP contribution in [0.2, 0.25) is 0 Å². The van der Waals surface area contributed by atoms with E-state index >= 15 is 0 Å². The van der Waals surface area contributed by atoms with Gasteiger partial charge in [-0.1, -0.05) is 109 Å².